The van der Waals surface area contributed by atoms with Crippen LogP contribution in [-0.2, 0) is 4.74 Å². The molecular formula is C14H28N2O. The molecule has 0 spiro atoms. The van der Waals surface area contributed by atoms with Gasteiger partial charge in [-0.15, -0.1) is 0 Å². The van der Waals surface area contributed by atoms with Crippen LogP contribution in [-0.4, -0.2) is 49.8 Å². The van der Waals surface area contributed by atoms with Crippen molar-refractivity contribution < 1.29 is 4.74 Å². The number of hydrogen-bond acceptors (Lipinski definition) is 3. The van der Waals surface area contributed by atoms with Crippen LogP contribution in [0.25, 0.3) is 0 Å². The van der Waals surface area contributed by atoms with Crippen molar-refractivity contribution in [2.45, 2.75) is 57.8 Å². The third-order valence-electron chi connectivity index (χ3n) is 4.50. The predicted molar refractivity (Wildman–Crippen MR) is 71.3 cm³/mol. The number of likely N-dealkylation sites (tertiary alicyclic amines) is 1. The molecule has 3 heteroatoms. The number of piperidine rings is 1. The number of rotatable bonds is 4. The molecule has 2 saturated heterocycles. The van der Waals surface area contributed by atoms with Crippen LogP contribution in [0.15, 0.2) is 0 Å². The Balaban J connectivity index is 1.79. The van der Waals surface area contributed by atoms with Gasteiger partial charge in [0.1, 0.15) is 0 Å². The van der Waals surface area contributed by atoms with Crippen LogP contribution < -0.4 is 5.32 Å². The largest absolute Gasteiger partial charge is 0.374 e. The molecular weight excluding hydrogens is 212 g/mol. The molecule has 17 heavy (non-hydrogen) atoms. The Hall–Kier alpha value is -0.120. The summed E-state index contributed by atoms with van der Waals surface area (Å²) < 4.78 is 5.93. The molecule has 0 bridgehead atoms. The molecule has 0 aromatic heterocycles. The summed E-state index contributed by atoms with van der Waals surface area (Å²) in [5.74, 6) is 0.813. The molecule has 2 heterocycles. The van der Waals surface area contributed by atoms with Gasteiger partial charge in [0.25, 0.3) is 0 Å². The third-order valence-corrected chi connectivity index (χ3v) is 4.50. The monoisotopic (exact) mass is 240 g/mol. The second-order valence-electron chi connectivity index (χ2n) is 5.76. The molecule has 4 atom stereocenters. The Labute approximate surface area is 106 Å². The predicted octanol–water partition coefficient (Wildman–Crippen LogP) is 1.87. The van der Waals surface area contributed by atoms with Gasteiger partial charge in [0, 0.05) is 19.1 Å². The van der Waals surface area contributed by atoms with E-state index in [0.717, 1.165) is 18.5 Å². The van der Waals surface area contributed by atoms with Crippen LogP contribution in [0, 0.1) is 5.92 Å². The minimum absolute atomic E-state index is 0.483. The standard InChI is InChI=1S/C14H28N2O/c1-4-12-9-16(8-7-14(12)15-3)10-13-6-5-11(2)17-13/h11-15H,4-10H2,1-3H3. The van der Waals surface area contributed by atoms with Crippen molar-refractivity contribution in [1.29, 1.82) is 0 Å². The fourth-order valence-electron chi connectivity index (χ4n) is 3.37. The highest BCUT2D eigenvalue weighted by Gasteiger charge is 2.30. The van der Waals surface area contributed by atoms with Crippen molar-refractivity contribution >= 4 is 0 Å². The second kappa shape index (κ2) is 6.17. The molecule has 2 rings (SSSR count). The van der Waals surface area contributed by atoms with E-state index in [1.807, 2.05) is 0 Å². The molecule has 0 radical (unpaired) electrons. The van der Waals surface area contributed by atoms with E-state index in [1.165, 1.54) is 38.8 Å². The highest BCUT2D eigenvalue weighted by molar-refractivity contribution is 4.85. The average molecular weight is 240 g/mol. The molecule has 2 aliphatic heterocycles. The molecule has 100 valence electrons. The number of ether oxygens (including phenoxy) is 1. The van der Waals surface area contributed by atoms with Gasteiger partial charge in [0.05, 0.1) is 12.2 Å². The fraction of sp³-hybridized carbons (Fsp3) is 1.00. The molecule has 4 unspecified atom stereocenters. The molecule has 3 nitrogen and oxygen atoms in total. The number of nitrogens with one attached hydrogen (secondary N) is 1. The normalized spacial score (nSPS) is 39.7. The van der Waals surface area contributed by atoms with Gasteiger partial charge in [-0.25, -0.2) is 0 Å². The maximum atomic E-state index is 5.93. The maximum Gasteiger partial charge on any atom is 0.0706 e. The van der Waals surface area contributed by atoms with Crippen molar-refractivity contribution in [2.75, 3.05) is 26.7 Å². The van der Waals surface area contributed by atoms with Gasteiger partial charge in [-0.1, -0.05) is 13.3 Å². The third kappa shape index (κ3) is 3.43. The zero-order valence-corrected chi connectivity index (χ0v) is 11.6. The highest BCUT2D eigenvalue weighted by Crippen LogP contribution is 2.24. The van der Waals surface area contributed by atoms with E-state index in [1.54, 1.807) is 0 Å². The van der Waals surface area contributed by atoms with Gasteiger partial charge in [0.15, 0.2) is 0 Å². The van der Waals surface area contributed by atoms with Crippen LogP contribution in [0.4, 0.5) is 0 Å². The van der Waals surface area contributed by atoms with Gasteiger partial charge in [0.2, 0.25) is 0 Å². The van der Waals surface area contributed by atoms with Gasteiger partial charge >= 0.3 is 0 Å². The van der Waals surface area contributed by atoms with E-state index in [4.69, 9.17) is 4.74 Å². The summed E-state index contributed by atoms with van der Waals surface area (Å²) in [4.78, 5) is 2.62. The van der Waals surface area contributed by atoms with Crippen molar-refractivity contribution in [1.82, 2.24) is 10.2 Å². The summed E-state index contributed by atoms with van der Waals surface area (Å²) in [6.07, 6.45) is 6.05. The zero-order valence-electron chi connectivity index (χ0n) is 11.6. The first-order valence-electron chi connectivity index (χ1n) is 7.28. The Morgan fingerprint density at radius 3 is 2.71 bits per heavy atom. The zero-order chi connectivity index (χ0) is 12.3. The van der Waals surface area contributed by atoms with E-state index in [0.29, 0.717) is 12.2 Å². The van der Waals surface area contributed by atoms with E-state index < -0.39 is 0 Å². The van der Waals surface area contributed by atoms with E-state index in [9.17, 15) is 0 Å². The summed E-state index contributed by atoms with van der Waals surface area (Å²) in [5.41, 5.74) is 0. The first-order chi connectivity index (χ1) is 8.22. The molecule has 0 aliphatic carbocycles. The van der Waals surface area contributed by atoms with Crippen LogP contribution in [0.3, 0.4) is 0 Å². The lowest BCUT2D eigenvalue weighted by Gasteiger charge is -2.39. The Kier molecular flexibility index (Phi) is 4.83. The fourth-order valence-corrected chi connectivity index (χ4v) is 3.37. The van der Waals surface area contributed by atoms with Crippen molar-refractivity contribution in [3.05, 3.63) is 0 Å². The average Bonchev–Trinajstić information content (AvgIpc) is 2.74. The first-order valence-corrected chi connectivity index (χ1v) is 7.28. The highest BCUT2D eigenvalue weighted by atomic mass is 16.5. The van der Waals surface area contributed by atoms with E-state index in [-0.39, 0.29) is 0 Å². The summed E-state index contributed by atoms with van der Waals surface area (Å²) >= 11 is 0. The number of hydrogen-bond donors (Lipinski definition) is 1. The lowest BCUT2D eigenvalue weighted by molar-refractivity contribution is 0.0178. The molecule has 2 fully saturated rings. The minimum atomic E-state index is 0.483. The van der Waals surface area contributed by atoms with Crippen LogP contribution >= 0.6 is 0 Å². The quantitative estimate of drug-likeness (QED) is 0.812. The summed E-state index contributed by atoms with van der Waals surface area (Å²) in [6.45, 7) is 8.14. The molecule has 0 saturated carbocycles. The van der Waals surface area contributed by atoms with E-state index in [2.05, 4.69) is 31.1 Å². The Morgan fingerprint density at radius 2 is 2.12 bits per heavy atom. The van der Waals surface area contributed by atoms with Gasteiger partial charge in [-0.2, -0.15) is 0 Å². The maximum absolute atomic E-state index is 5.93. The summed E-state index contributed by atoms with van der Waals surface area (Å²) in [6, 6.07) is 0.722. The summed E-state index contributed by atoms with van der Waals surface area (Å²) in [7, 11) is 2.10. The van der Waals surface area contributed by atoms with Crippen molar-refractivity contribution in [2.24, 2.45) is 5.92 Å². The SMILES string of the molecule is CCC1CN(CC2CCC(C)O2)CCC1NC. The first kappa shape index (κ1) is 13.3. The van der Waals surface area contributed by atoms with E-state index >= 15 is 0 Å². The van der Waals surface area contributed by atoms with Gasteiger partial charge in [-0.3, -0.25) is 0 Å². The smallest absolute Gasteiger partial charge is 0.0706 e. The van der Waals surface area contributed by atoms with Gasteiger partial charge < -0.3 is 15.0 Å². The summed E-state index contributed by atoms with van der Waals surface area (Å²) in [5, 5.41) is 3.47. The molecule has 1 N–H and O–H groups in total. The second-order valence-corrected chi connectivity index (χ2v) is 5.76. The molecule has 0 aromatic carbocycles. The van der Waals surface area contributed by atoms with Crippen LogP contribution in [0.2, 0.25) is 0 Å². The van der Waals surface area contributed by atoms with Crippen molar-refractivity contribution in [3.8, 4) is 0 Å². The minimum Gasteiger partial charge on any atom is -0.374 e. The lowest BCUT2D eigenvalue weighted by atomic mass is 9.90. The lowest BCUT2D eigenvalue weighted by Crippen LogP contribution is -2.49. The Bertz CT molecular complexity index is 232. The Morgan fingerprint density at radius 1 is 1.29 bits per heavy atom. The molecule has 2 aliphatic rings. The van der Waals surface area contributed by atoms with Gasteiger partial charge in [-0.05, 0) is 45.7 Å². The molecule has 0 amide bonds. The van der Waals surface area contributed by atoms with Crippen molar-refractivity contribution in [3.63, 3.8) is 0 Å². The van der Waals surface area contributed by atoms with Crippen LogP contribution in [0.5, 0.6) is 0 Å². The topological polar surface area (TPSA) is 24.5 Å². The molecule has 0 aromatic rings. The number of nitrogens with zero attached hydrogens (tertiary/aromatic N) is 1. The van der Waals surface area contributed by atoms with Crippen LogP contribution in [0.1, 0.15) is 39.5 Å².